The van der Waals surface area contributed by atoms with Crippen molar-refractivity contribution in [3.05, 3.63) is 65.5 Å². The number of para-hydroxylation sites is 1. The third kappa shape index (κ3) is 5.70. The molecule has 2 amide bonds. The van der Waals surface area contributed by atoms with Crippen LogP contribution in [0, 0.1) is 11.7 Å². The lowest BCUT2D eigenvalue weighted by molar-refractivity contribution is -0.144. The van der Waals surface area contributed by atoms with Gasteiger partial charge in [-0.05, 0) is 36.6 Å². The summed E-state index contributed by atoms with van der Waals surface area (Å²) in [5, 5.41) is 6.12. The Morgan fingerprint density at radius 2 is 1.80 bits per heavy atom. The van der Waals surface area contributed by atoms with Gasteiger partial charge in [-0.25, -0.2) is 9.40 Å². The number of benzene rings is 2. The largest absolute Gasteiger partial charge is 0.496 e. The van der Waals surface area contributed by atoms with Crippen molar-refractivity contribution in [2.24, 2.45) is 11.0 Å². The van der Waals surface area contributed by atoms with E-state index in [1.807, 2.05) is 24.3 Å². The van der Waals surface area contributed by atoms with Crippen LogP contribution in [0.25, 0.3) is 0 Å². The van der Waals surface area contributed by atoms with Crippen LogP contribution in [-0.2, 0) is 14.3 Å². The highest BCUT2D eigenvalue weighted by Crippen LogP contribution is 2.37. The van der Waals surface area contributed by atoms with E-state index in [-0.39, 0.29) is 30.1 Å². The Balaban J connectivity index is 1.62. The summed E-state index contributed by atoms with van der Waals surface area (Å²) >= 11 is 0. The third-order valence-corrected chi connectivity index (χ3v) is 6.75. The van der Waals surface area contributed by atoms with Crippen LogP contribution in [0.4, 0.5) is 4.39 Å². The molecule has 0 saturated heterocycles. The van der Waals surface area contributed by atoms with Gasteiger partial charge in [0.2, 0.25) is 5.91 Å². The minimum Gasteiger partial charge on any atom is -0.496 e. The summed E-state index contributed by atoms with van der Waals surface area (Å²) in [4.78, 5) is 28.4. The molecular formula is C27H32FN3O4. The molecule has 1 aliphatic carbocycles. The Hall–Kier alpha value is -3.26. The molecule has 2 aromatic carbocycles. The molecule has 1 atom stereocenters. The van der Waals surface area contributed by atoms with Gasteiger partial charge >= 0.3 is 0 Å². The lowest BCUT2D eigenvalue weighted by atomic mass is 9.97. The van der Waals surface area contributed by atoms with E-state index in [1.165, 1.54) is 17.1 Å². The molecule has 2 aliphatic rings. The standard InChI is InChI=1S/C27H32FN3O4/c1-34-16-15-30(27(33)20-7-3-4-8-20)18-26(32)31-24(22-9-5-6-10-25(22)35-2)17-23(29-31)19-11-13-21(28)14-12-19/h5-6,9-14,20,24H,3-4,7-8,15-18H2,1-2H3/t24-/m0/s1. The molecule has 35 heavy (non-hydrogen) atoms. The molecule has 1 aliphatic heterocycles. The first-order valence-electron chi connectivity index (χ1n) is 12.1. The van der Waals surface area contributed by atoms with E-state index < -0.39 is 6.04 Å². The number of carbonyl (C=O) groups is 2. The van der Waals surface area contributed by atoms with Gasteiger partial charge in [-0.1, -0.05) is 43.2 Å². The van der Waals surface area contributed by atoms with Crippen molar-refractivity contribution in [2.75, 3.05) is 33.9 Å². The van der Waals surface area contributed by atoms with Crippen LogP contribution in [0.3, 0.4) is 0 Å². The molecule has 0 aromatic heterocycles. The van der Waals surface area contributed by atoms with Crippen molar-refractivity contribution in [3.8, 4) is 5.75 Å². The van der Waals surface area contributed by atoms with Crippen molar-refractivity contribution >= 4 is 17.5 Å². The van der Waals surface area contributed by atoms with Crippen molar-refractivity contribution in [3.63, 3.8) is 0 Å². The number of amides is 2. The number of hydrogen-bond acceptors (Lipinski definition) is 5. The molecular weight excluding hydrogens is 449 g/mol. The number of rotatable bonds is 9. The zero-order chi connectivity index (χ0) is 24.8. The smallest absolute Gasteiger partial charge is 0.262 e. The first kappa shape index (κ1) is 24.9. The topological polar surface area (TPSA) is 71.4 Å². The van der Waals surface area contributed by atoms with E-state index in [0.717, 1.165) is 36.8 Å². The number of methoxy groups -OCH3 is 2. The Kier molecular flexibility index (Phi) is 8.13. The van der Waals surface area contributed by atoms with E-state index in [2.05, 4.69) is 5.10 Å². The molecule has 4 rings (SSSR count). The van der Waals surface area contributed by atoms with Gasteiger partial charge in [-0.3, -0.25) is 9.59 Å². The molecule has 1 saturated carbocycles. The zero-order valence-corrected chi connectivity index (χ0v) is 20.3. The highest BCUT2D eigenvalue weighted by molar-refractivity contribution is 6.03. The van der Waals surface area contributed by atoms with Gasteiger partial charge < -0.3 is 14.4 Å². The minimum atomic E-state index is -0.399. The van der Waals surface area contributed by atoms with Crippen molar-refractivity contribution in [2.45, 2.75) is 38.1 Å². The van der Waals surface area contributed by atoms with Crippen LogP contribution in [0.5, 0.6) is 5.75 Å². The monoisotopic (exact) mass is 481 g/mol. The van der Waals surface area contributed by atoms with E-state index in [9.17, 15) is 14.0 Å². The van der Waals surface area contributed by atoms with Crippen molar-refractivity contribution in [1.82, 2.24) is 9.91 Å². The lowest BCUT2D eigenvalue weighted by Gasteiger charge is -2.29. The van der Waals surface area contributed by atoms with Crippen molar-refractivity contribution in [1.29, 1.82) is 0 Å². The zero-order valence-electron chi connectivity index (χ0n) is 20.3. The van der Waals surface area contributed by atoms with Crippen molar-refractivity contribution < 1.29 is 23.5 Å². The summed E-state index contributed by atoms with van der Waals surface area (Å²) in [7, 11) is 3.17. The fourth-order valence-corrected chi connectivity index (χ4v) is 4.88. The van der Waals surface area contributed by atoms with Crippen LogP contribution in [-0.4, -0.2) is 61.4 Å². The number of ether oxygens (including phenoxy) is 2. The Morgan fingerprint density at radius 3 is 2.49 bits per heavy atom. The van der Waals surface area contributed by atoms with Gasteiger partial charge in [0.15, 0.2) is 0 Å². The van der Waals surface area contributed by atoms with Gasteiger partial charge in [-0.2, -0.15) is 5.10 Å². The van der Waals surface area contributed by atoms with Crippen LogP contribution in [0.2, 0.25) is 0 Å². The first-order valence-corrected chi connectivity index (χ1v) is 12.1. The van der Waals surface area contributed by atoms with Crippen LogP contribution in [0.15, 0.2) is 53.6 Å². The first-order chi connectivity index (χ1) is 17.0. The van der Waals surface area contributed by atoms with Gasteiger partial charge in [0.25, 0.3) is 5.91 Å². The molecule has 0 unspecified atom stereocenters. The number of halogens is 1. The number of nitrogens with zero attached hydrogens (tertiary/aromatic N) is 3. The fraction of sp³-hybridized carbons (Fsp3) is 0.444. The van der Waals surface area contributed by atoms with Crippen LogP contribution >= 0.6 is 0 Å². The maximum Gasteiger partial charge on any atom is 0.262 e. The maximum atomic E-state index is 13.6. The molecule has 2 aromatic rings. The predicted octanol–water partition coefficient (Wildman–Crippen LogP) is 4.18. The minimum absolute atomic E-state index is 0.00340. The summed E-state index contributed by atoms with van der Waals surface area (Å²) in [5.41, 5.74) is 2.26. The second-order valence-electron chi connectivity index (χ2n) is 8.99. The summed E-state index contributed by atoms with van der Waals surface area (Å²) in [6.45, 7) is 0.621. The molecule has 7 nitrogen and oxygen atoms in total. The van der Waals surface area contributed by atoms with Crippen LogP contribution < -0.4 is 4.74 Å². The molecule has 0 N–H and O–H groups in total. The van der Waals surface area contributed by atoms with Crippen LogP contribution in [0.1, 0.15) is 49.3 Å². The summed E-state index contributed by atoms with van der Waals surface area (Å²) < 4.78 is 24.3. The summed E-state index contributed by atoms with van der Waals surface area (Å²) in [6, 6.07) is 13.2. The fourth-order valence-electron chi connectivity index (χ4n) is 4.88. The molecule has 1 heterocycles. The van der Waals surface area contributed by atoms with Gasteiger partial charge in [0.05, 0.1) is 25.5 Å². The number of hydrogen-bond donors (Lipinski definition) is 0. The molecule has 1 fully saturated rings. The molecule has 186 valence electrons. The lowest BCUT2D eigenvalue weighted by Crippen LogP contribution is -2.44. The molecule has 0 bridgehead atoms. The van der Waals surface area contributed by atoms with E-state index in [0.29, 0.717) is 31.0 Å². The van der Waals surface area contributed by atoms with E-state index >= 15 is 0 Å². The second kappa shape index (κ2) is 11.4. The third-order valence-electron chi connectivity index (χ3n) is 6.75. The number of hydrazone groups is 1. The van der Waals surface area contributed by atoms with Gasteiger partial charge in [0.1, 0.15) is 18.1 Å². The van der Waals surface area contributed by atoms with E-state index in [4.69, 9.17) is 9.47 Å². The molecule has 0 spiro atoms. The Bertz CT molecular complexity index is 1070. The highest BCUT2D eigenvalue weighted by atomic mass is 19.1. The Labute approximate surface area is 205 Å². The average molecular weight is 482 g/mol. The second-order valence-corrected chi connectivity index (χ2v) is 8.99. The summed E-state index contributed by atoms with van der Waals surface area (Å²) in [6.07, 6.45) is 4.24. The average Bonchev–Trinajstić information content (AvgIpc) is 3.57. The predicted molar refractivity (Wildman–Crippen MR) is 131 cm³/mol. The molecule has 0 radical (unpaired) electrons. The molecule has 8 heteroatoms. The quantitative estimate of drug-likeness (QED) is 0.539. The maximum absolute atomic E-state index is 13.6. The van der Waals surface area contributed by atoms with Gasteiger partial charge in [0, 0.05) is 31.6 Å². The van der Waals surface area contributed by atoms with Gasteiger partial charge in [-0.15, -0.1) is 0 Å². The SMILES string of the molecule is COCCN(CC(=O)N1N=C(c2ccc(F)cc2)C[C@H]1c1ccccc1OC)C(=O)C1CCCC1. The summed E-state index contributed by atoms with van der Waals surface area (Å²) in [5.74, 6) is 0.00978. The normalized spacial score (nSPS) is 18.0. The Morgan fingerprint density at radius 1 is 1.09 bits per heavy atom. The number of carbonyl (C=O) groups excluding carboxylic acids is 2. The van der Waals surface area contributed by atoms with E-state index in [1.54, 1.807) is 31.3 Å². The highest BCUT2D eigenvalue weighted by Gasteiger charge is 2.36.